The van der Waals surface area contributed by atoms with Gasteiger partial charge in [-0.1, -0.05) is 18.2 Å². The van der Waals surface area contributed by atoms with E-state index in [0.717, 1.165) is 36.9 Å². The van der Waals surface area contributed by atoms with Gasteiger partial charge in [-0.05, 0) is 39.2 Å². The van der Waals surface area contributed by atoms with Gasteiger partial charge in [0.25, 0.3) is 0 Å². The van der Waals surface area contributed by atoms with Crippen LogP contribution in [0.3, 0.4) is 0 Å². The maximum atomic E-state index is 6.13. The number of benzene rings is 1. The summed E-state index contributed by atoms with van der Waals surface area (Å²) in [5.74, 6) is 2.87. The number of hydrogen-bond donors (Lipinski definition) is 1. The van der Waals surface area contributed by atoms with Gasteiger partial charge >= 0.3 is 0 Å². The molecule has 5 nitrogen and oxygen atoms in total. The van der Waals surface area contributed by atoms with Crippen LogP contribution in [0.25, 0.3) is 0 Å². The van der Waals surface area contributed by atoms with Gasteiger partial charge in [0.05, 0.1) is 6.04 Å². The van der Waals surface area contributed by atoms with E-state index in [2.05, 4.69) is 52.2 Å². The van der Waals surface area contributed by atoms with E-state index in [1.807, 2.05) is 12.1 Å². The Hall–Kier alpha value is -2.30. The molecule has 1 saturated heterocycles. The number of nitrogens with one attached hydrogen (secondary N) is 1. The van der Waals surface area contributed by atoms with Crippen LogP contribution in [0.15, 0.2) is 36.7 Å². The van der Waals surface area contributed by atoms with Crippen molar-refractivity contribution in [1.82, 2.24) is 9.97 Å². The molecule has 1 atom stereocenters. The van der Waals surface area contributed by atoms with E-state index in [0.29, 0.717) is 0 Å². The molecule has 2 aliphatic heterocycles. The minimum absolute atomic E-state index is 0.184. The summed E-state index contributed by atoms with van der Waals surface area (Å²) in [6.07, 6.45) is 6.37. The molecule has 0 bridgehead atoms. The average molecular weight is 338 g/mol. The average Bonchev–Trinajstić information content (AvgIpc) is 2.62. The second-order valence-electron chi connectivity index (χ2n) is 7.61. The largest absolute Gasteiger partial charge is 0.487 e. The van der Waals surface area contributed by atoms with Crippen LogP contribution in [0.1, 0.15) is 51.1 Å². The summed E-state index contributed by atoms with van der Waals surface area (Å²) < 4.78 is 6.13. The zero-order chi connectivity index (χ0) is 17.3. The summed E-state index contributed by atoms with van der Waals surface area (Å²) in [6.45, 7) is 6.45. The standard InChI is InChI=1S/C20H26N4O/c1-20(2)13-16(15-8-4-5-9-17(15)25-20)23-18-12-19(22-14-21-18)24-10-6-3-7-11-24/h4-5,8-9,12,14,16H,3,6-7,10-11,13H2,1-2H3,(H,21,22,23). The van der Waals surface area contributed by atoms with Crippen LogP contribution in [-0.2, 0) is 0 Å². The van der Waals surface area contributed by atoms with Crippen LogP contribution in [0.4, 0.5) is 11.6 Å². The van der Waals surface area contributed by atoms with Crippen LogP contribution in [0.2, 0.25) is 0 Å². The molecule has 1 aromatic carbocycles. The molecule has 1 fully saturated rings. The zero-order valence-corrected chi connectivity index (χ0v) is 15.0. The number of rotatable bonds is 3. The molecule has 5 heteroatoms. The Labute approximate surface area is 149 Å². The Morgan fingerprint density at radius 2 is 1.92 bits per heavy atom. The van der Waals surface area contributed by atoms with Crippen molar-refractivity contribution in [3.8, 4) is 5.75 Å². The summed E-state index contributed by atoms with van der Waals surface area (Å²) in [6, 6.07) is 10.5. The maximum absolute atomic E-state index is 6.13. The number of fused-ring (bicyclic) bond motifs is 1. The van der Waals surface area contributed by atoms with Crippen LogP contribution in [0.5, 0.6) is 5.75 Å². The third-order valence-corrected chi connectivity index (χ3v) is 5.03. The summed E-state index contributed by atoms with van der Waals surface area (Å²) >= 11 is 0. The third kappa shape index (κ3) is 3.55. The first kappa shape index (κ1) is 16.2. The van der Waals surface area contributed by atoms with Crippen molar-refractivity contribution in [2.45, 2.75) is 51.2 Å². The molecule has 0 saturated carbocycles. The van der Waals surface area contributed by atoms with Crippen molar-refractivity contribution >= 4 is 11.6 Å². The maximum Gasteiger partial charge on any atom is 0.134 e. The van der Waals surface area contributed by atoms with Gasteiger partial charge in [0.2, 0.25) is 0 Å². The van der Waals surface area contributed by atoms with Gasteiger partial charge in [-0.2, -0.15) is 0 Å². The Morgan fingerprint density at radius 1 is 1.12 bits per heavy atom. The predicted octanol–water partition coefficient (Wildman–Crippen LogP) is 4.18. The SMILES string of the molecule is CC1(C)CC(Nc2cc(N3CCCCC3)ncn2)c2ccccc2O1. The van der Waals surface area contributed by atoms with E-state index in [4.69, 9.17) is 4.74 Å². The molecule has 132 valence electrons. The fourth-order valence-electron chi connectivity index (χ4n) is 3.83. The van der Waals surface area contributed by atoms with Crippen molar-refractivity contribution in [3.63, 3.8) is 0 Å². The summed E-state index contributed by atoms with van der Waals surface area (Å²) in [5, 5.41) is 3.61. The van der Waals surface area contributed by atoms with Crippen LogP contribution in [-0.4, -0.2) is 28.7 Å². The molecular weight excluding hydrogens is 312 g/mol. The first-order valence-electron chi connectivity index (χ1n) is 9.22. The second-order valence-corrected chi connectivity index (χ2v) is 7.61. The lowest BCUT2D eigenvalue weighted by atomic mass is 9.90. The van der Waals surface area contributed by atoms with Crippen molar-refractivity contribution < 1.29 is 4.74 Å². The van der Waals surface area contributed by atoms with Crippen molar-refractivity contribution in [2.75, 3.05) is 23.3 Å². The molecule has 0 radical (unpaired) electrons. The number of para-hydroxylation sites is 1. The monoisotopic (exact) mass is 338 g/mol. The van der Waals surface area contributed by atoms with E-state index in [1.165, 1.54) is 24.8 Å². The second kappa shape index (κ2) is 6.54. The van der Waals surface area contributed by atoms with Crippen molar-refractivity contribution in [3.05, 3.63) is 42.2 Å². The Kier molecular flexibility index (Phi) is 4.24. The van der Waals surface area contributed by atoms with Crippen LogP contribution in [0, 0.1) is 0 Å². The Balaban J connectivity index is 1.57. The highest BCUT2D eigenvalue weighted by molar-refractivity contribution is 5.51. The van der Waals surface area contributed by atoms with Crippen molar-refractivity contribution in [2.24, 2.45) is 0 Å². The van der Waals surface area contributed by atoms with E-state index < -0.39 is 0 Å². The highest BCUT2D eigenvalue weighted by atomic mass is 16.5. The number of aromatic nitrogens is 2. The van der Waals surface area contributed by atoms with E-state index in [9.17, 15) is 0 Å². The number of anilines is 2. The first-order chi connectivity index (χ1) is 12.1. The fraction of sp³-hybridized carbons (Fsp3) is 0.500. The number of nitrogens with zero attached hydrogens (tertiary/aromatic N) is 3. The Morgan fingerprint density at radius 3 is 2.76 bits per heavy atom. The lowest BCUT2D eigenvalue weighted by Crippen LogP contribution is -2.37. The van der Waals surface area contributed by atoms with E-state index >= 15 is 0 Å². The lowest BCUT2D eigenvalue weighted by molar-refractivity contribution is 0.0758. The van der Waals surface area contributed by atoms with Crippen LogP contribution >= 0.6 is 0 Å². The fourth-order valence-corrected chi connectivity index (χ4v) is 3.83. The highest BCUT2D eigenvalue weighted by Gasteiger charge is 2.33. The first-order valence-corrected chi connectivity index (χ1v) is 9.22. The number of ether oxygens (including phenoxy) is 1. The normalized spacial score (nSPS) is 22.0. The lowest BCUT2D eigenvalue weighted by Gasteiger charge is -2.38. The molecule has 0 amide bonds. The van der Waals surface area contributed by atoms with Gasteiger partial charge in [0.1, 0.15) is 29.3 Å². The minimum Gasteiger partial charge on any atom is -0.487 e. The predicted molar refractivity (Wildman–Crippen MR) is 100 cm³/mol. The summed E-state index contributed by atoms with van der Waals surface area (Å²) in [7, 11) is 0. The number of hydrogen-bond acceptors (Lipinski definition) is 5. The van der Waals surface area contributed by atoms with E-state index in [-0.39, 0.29) is 11.6 Å². The zero-order valence-electron chi connectivity index (χ0n) is 15.0. The van der Waals surface area contributed by atoms with Gasteiger partial charge in [-0.25, -0.2) is 9.97 Å². The van der Waals surface area contributed by atoms with Crippen molar-refractivity contribution in [1.29, 1.82) is 0 Å². The van der Waals surface area contributed by atoms with Gasteiger partial charge < -0.3 is 15.0 Å². The molecule has 25 heavy (non-hydrogen) atoms. The molecule has 4 rings (SSSR count). The molecule has 0 aliphatic carbocycles. The molecule has 2 aliphatic rings. The topological polar surface area (TPSA) is 50.3 Å². The smallest absolute Gasteiger partial charge is 0.134 e. The molecule has 0 spiro atoms. The van der Waals surface area contributed by atoms with Gasteiger partial charge in [-0.3, -0.25) is 0 Å². The summed E-state index contributed by atoms with van der Waals surface area (Å²) in [4.78, 5) is 11.3. The third-order valence-electron chi connectivity index (χ3n) is 5.03. The highest BCUT2D eigenvalue weighted by Crippen LogP contribution is 2.40. The number of piperidine rings is 1. The van der Waals surface area contributed by atoms with Gasteiger partial charge in [0.15, 0.2) is 0 Å². The molecule has 1 N–H and O–H groups in total. The molecule has 1 unspecified atom stereocenters. The summed E-state index contributed by atoms with van der Waals surface area (Å²) in [5.41, 5.74) is 0.995. The molecular formula is C20H26N4O. The molecule has 2 aromatic rings. The minimum atomic E-state index is -0.200. The van der Waals surface area contributed by atoms with Gasteiger partial charge in [-0.15, -0.1) is 0 Å². The Bertz CT molecular complexity index is 740. The quantitative estimate of drug-likeness (QED) is 0.910. The molecule has 3 heterocycles. The van der Waals surface area contributed by atoms with Crippen LogP contribution < -0.4 is 15.0 Å². The van der Waals surface area contributed by atoms with Gasteiger partial charge in [0, 0.05) is 31.1 Å². The molecule has 1 aromatic heterocycles. The van der Waals surface area contributed by atoms with E-state index in [1.54, 1.807) is 6.33 Å².